The predicted molar refractivity (Wildman–Crippen MR) is 141 cm³/mol. The summed E-state index contributed by atoms with van der Waals surface area (Å²) < 4.78 is 0. The van der Waals surface area contributed by atoms with E-state index in [-0.39, 0.29) is 10.8 Å². The minimum Gasteiger partial charge on any atom is -0.0654 e. The minimum atomic E-state index is 0.0777. The zero-order valence-electron chi connectivity index (χ0n) is 20.7. The lowest BCUT2D eigenvalue weighted by molar-refractivity contribution is 0.200. The first-order valence-electron chi connectivity index (χ1n) is 13.6. The maximum Gasteiger partial charge on any atom is 0.0337 e. The van der Waals surface area contributed by atoms with Crippen LogP contribution >= 0.6 is 0 Å². The first-order valence-corrected chi connectivity index (χ1v) is 13.6. The van der Waals surface area contributed by atoms with Gasteiger partial charge in [0.05, 0.1) is 0 Å². The molecule has 4 rings (SSSR count). The van der Waals surface area contributed by atoms with Gasteiger partial charge in [-0.25, -0.2) is 0 Å². The number of allylic oxidation sites excluding steroid dienone is 14. The zero-order valence-corrected chi connectivity index (χ0v) is 20.7. The largest absolute Gasteiger partial charge is 0.0654 e. The second-order valence-electron chi connectivity index (χ2n) is 10.6. The van der Waals surface area contributed by atoms with Crippen LogP contribution in [0.4, 0.5) is 0 Å². The minimum absolute atomic E-state index is 0.0777. The molecule has 4 aliphatic carbocycles. The van der Waals surface area contributed by atoms with Crippen molar-refractivity contribution in [2.75, 3.05) is 0 Å². The van der Waals surface area contributed by atoms with Crippen molar-refractivity contribution < 1.29 is 0 Å². The quantitative estimate of drug-likeness (QED) is 0.241. The summed E-state index contributed by atoms with van der Waals surface area (Å²) in [5.74, 6) is 0. The molecule has 0 nitrogen and oxygen atoms in total. The third kappa shape index (κ3) is 4.35. The van der Waals surface area contributed by atoms with Gasteiger partial charge in [-0.3, -0.25) is 0 Å². The van der Waals surface area contributed by atoms with Gasteiger partial charge in [0.2, 0.25) is 0 Å². The smallest absolute Gasteiger partial charge is 0.0337 e. The zero-order chi connectivity index (χ0) is 22.3. The molecule has 0 aromatic rings. The highest BCUT2D eigenvalue weighted by molar-refractivity contribution is 5.66. The van der Waals surface area contributed by atoms with Crippen molar-refractivity contribution >= 4 is 0 Å². The van der Waals surface area contributed by atoms with Gasteiger partial charge in [-0.15, -0.1) is 0 Å². The van der Waals surface area contributed by atoms with Crippen molar-refractivity contribution in [1.29, 1.82) is 0 Å². The molecule has 0 amide bonds. The van der Waals surface area contributed by atoms with Crippen LogP contribution in [0.2, 0.25) is 0 Å². The summed E-state index contributed by atoms with van der Waals surface area (Å²) in [6, 6.07) is 0. The van der Waals surface area contributed by atoms with Crippen LogP contribution in [0.1, 0.15) is 104 Å². The van der Waals surface area contributed by atoms with Crippen LogP contribution in [0.25, 0.3) is 0 Å². The van der Waals surface area contributed by atoms with E-state index in [1.165, 1.54) is 112 Å². The average Bonchev–Trinajstić information content (AvgIpc) is 2.80. The molecule has 0 fully saturated rings. The molecule has 0 heterocycles. The molecule has 0 heteroatoms. The van der Waals surface area contributed by atoms with Crippen molar-refractivity contribution in [1.82, 2.24) is 0 Å². The van der Waals surface area contributed by atoms with E-state index in [0.29, 0.717) is 0 Å². The Morgan fingerprint density at radius 2 is 0.938 bits per heavy atom. The van der Waals surface area contributed by atoms with Gasteiger partial charge < -0.3 is 0 Å². The normalized spacial score (nSPS) is 26.9. The van der Waals surface area contributed by atoms with Gasteiger partial charge in [-0.1, -0.05) is 158 Å². The van der Waals surface area contributed by atoms with Crippen molar-refractivity contribution in [3.05, 3.63) is 83.1 Å². The molecule has 0 aromatic carbocycles. The fourth-order valence-corrected chi connectivity index (χ4v) is 6.68. The Kier molecular flexibility index (Phi) is 7.93. The molecular weight excluding hydrogens is 384 g/mol. The summed E-state index contributed by atoms with van der Waals surface area (Å²) in [7, 11) is 0. The van der Waals surface area contributed by atoms with Gasteiger partial charge in [0.15, 0.2) is 0 Å². The third-order valence-corrected chi connectivity index (χ3v) is 8.64. The van der Waals surface area contributed by atoms with Gasteiger partial charge in [-0.05, 0) is 28.7 Å². The highest BCUT2D eigenvalue weighted by atomic mass is 14.6. The third-order valence-electron chi connectivity index (χ3n) is 8.64. The van der Waals surface area contributed by atoms with E-state index < -0.39 is 0 Å². The maximum absolute atomic E-state index is 2.50. The lowest BCUT2D eigenvalue weighted by Gasteiger charge is -2.57. The second-order valence-corrected chi connectivity index (χ2v) is 10.6. The molecule has 172 valence electrons. The molecule has 2 unspecified atom stereocenters. The van der Waals surface area contributed by atoms with E-state index in [9.17, 15) is 0 Å². The molecule has 0 saturated carbocycles. The lowest BCUT2D eigenvalue weighted by atomic mass is 9.45. The van der Waals surface area contributed by atoms with E-state index >= 15 is 0 Å². The SMILES string of the molecule is CCCCCCCCCCCCCCCC12C3=CC=CC1=CC=C1C=CC=C(C=C3)C12C. The molecule has 0 spiro atoms. The van der Waals surface area contributed by atoms with Gasteiger partial charge >= 0.3 is 0 Å². The van der Waals surface area contributed by atoms with Crippen LogP contribution < -0.4 is 0 Å². The average molecular weight is 429 g/mol. The van der Waals surface area contributed by atoms with Crippen molar-refractivity contribution in [2.24, 2.45) is 10.8 Å². The topological polar surface area (TPSA) is 0 Å². The van der Waals surface area contributed by atoms with Crippen LogP contribution in [0.3, 0.4) is 0 Å². The predicted octanol–water partition coefficient (Wildman–Crippen LogP) is 9.89. The van der Waals surface area contributed by atoms with Crippen LogP contribution in [0.5, 0.6) is 0 Å². The molecule has 0 radical (unpaired) electrons. The van der Waals surface area contributed by atoms with Gasteiger partial charge in [0.1, 0.15) is 0 Å². The summed E-state index contributed by atoms with van der Waals surface area (Å²) in [5, 5.41) is 0. The number of hydrogen-bond donors (Lipinski definition) is 0. The first kappa shape index (κ1) is 23.3. The fourth-order valence-electron chi connectivity index (χ4n) is 6.68. The van der Waals surface area contributed by atoms with Gasteiger partial charge in [0, 0.05) is 10.8 Å². The molecule has 0 N–H and O–H groups in total. The molecule has 0 aromatic heterocycles. The van der Waals surface area contributed by atoms with Crippen LogP contribution in [0.15, 0.2) is 83.1 Å². The standard InChI is InChI=1S/C32H44/c1-3-4-5-6-7-8-9-10-11-12-13-14-15-26-32-29-20-17-21-30(32)25-23-28-19-16-18-27(22-24-29)31(28,32)2/h16-25H,3-15,26H2,1-2H3. The highest BCUT2D eigenvalue weighted by Gasteiger charge is 2.57. The van der Waals surface area contributed by atoms with E-state index in [1.54, 1.807) is 0 Å². The molecule has 2 atom stereocenters. The second kappa shape index (κ2) is 10.9. The first-order chi connectivity index (χ1) is 15.7. The number of hydrogen-bond acceptors (Lipinski definition) is 0. The Hall–Kier alpha value is -1.82. The highest BCUT2D eigenvalue weighted by Crippen LogP contribution is 2.66. The Labute approximate surface area is 197 Å². The fraction of sp³-hybridized carbons (Fsp3) is 0.562. The Bertz CT molecular complexity index is 868. The summed E-state index contributed by atoms with van der Waals surface area (Å²) in [6.07, 6.45) is 43.2. The molecule has 0 saturated heterocycles. The van der Waals surface area contributed by atoms with Crippen LogP contribution in [0, 0.1) is 10.8 Å². The van der Waals surface area contributed by atoms with Crippen molar-refractivity contribution in [3.63, 3.8) is 0 Å². The summed E-state index contributed by atoms with van der Waals surface area (Å²) in [5.41, 5.74) is 6.21. The van der Waals surface area contributed by atoms with Gasteiger partial charge in [-0.2, -0.15) is 0 Å². The Morgan fingerprint density at radius 1 is 0.500 bits per heavy atom. The molecular formula is C32H44. The molecule has 0 bridgehead atoms. The lowest BCUT2D eigenvalue weighted by Crippen LogP contribution is -2.48. The monoisotopic (exact) mass is 428 g/mol. The van der Waals surface area contributed by atoms with Gasteiger partial charge in [0.25, 0.3) is 0 Å². The maximum atomic E-state index is 2.50. The van der Waals surface area contributed by atoms with E-state index in [0.717, 1.165) is 0 Å². The summed E-state index contributed by atoms with van der Waals surface area (Å²) in [6.45, 7) is 4.80. The van der Waals surface area contributed by atoms with Crippen LogP contribution in [-0.4, -0.2) is 0 Å². The molecule has 4 aliphatic rings. The van der Waals surface area contributed by atoms with Crippen LogP contribution in [-0.2, 0) is 0 Å². The Balaban J connectivity index is 1.25. The van der Waals surface area contributed by atoms with Crippen molar-refractivity contribution in [3.8, 4) is 0 Å². The van der Waals surface area contributed by atoms with E-state index in [4.69, 9.17) is 0 Å². The molecule has 0 aliphatic heterocycles. The summed E-state index contributed by atoms with van der Waals surface area (Å²) >= 11 is 0. The summed E-state index contributed by atoms with van der Waals surface area (Å²) in [4.78, 5) is 0. The number of rotatable bonds is 14. The van der Waals surface area contributed by atoms with E-state index in [2.05, 4.69) is 74.6 Å². The molecule has 32 heavy (non-hydrogen) atoms. The Morgan fingerprint density at radius 3 is 1.59 bits per heavy atom. The van der Waals surface area contributed by atoms with E-state index in [1.807, 2.05) is 0 Å². The van der Waals surface area contributed by atoms with Crippen molar-refractivity contribution in [2.45, 2.75) is 104 Å². The number of unbranched alkanes of at least 4 members (excludes halogenated alkanes) is 12.